The summed E-state index contributed by atoms with van der Waals surface area (Å²) in [5, 5.41) is 13.4. The molecule has 47 heavy (non-hydrogen) atoms. The maximum Gasteiger partial charge on any atom is 0.309 e. The van der Waals surface area contributed by atoms with Gasteiger partial charge in [-0.15, -0.1) is 0 Å². The number of nitrogens with one attached hydrogen (secondary N) is 1. The molecule has 0 aliphatic heterocycles. The van der Waals surface area contributed by atoms with Gasteiger partial charge in [-0.1, -0.05) is 60.5 Å². The van der Waals surface area contributed by atoms with Gasteiger partial charge in [-0.25, -0.2) is 0 Å². The Morgan fingerprint density at radius 2 is 1.62 bits per heavy atom. The number of esters is 1. The summed E-state index contributed by atoms with van der Waals surface area (Å²) in [6.45, 7) is 21.2. The molecule has 6 aliphatic rings. The third-order valence-corrected chi connectivity index (χ3v) is 16.1. The monoisotopic (exact) mass is 651 g/mol. The van der Waals surface area contributed by atoms with E-state index in [9.17, 15) is 19.5 Å². The second kappa shape index (κ2) is 11.7. The summed E-state index contributed by atoms with van der Waals surface area (Å²) >= 11 is 0. The lowest BCUT2D eigenvalue weighted by atomic mass is 9.33. The molecule has 0 aromatic carbocycles. The van der Waals surface area contributed by atoms with E-state index in [0.29, 0.717) is 29.6 Å². The number of carboxylic acid groups (broad SMARTS) is 1. The molecule has 8 atom stereocenters. The fourth-order valence-electron chi connectivity index (χ4n) is 13.0. The van der Waals surface area contributed by atoms with Crippen molar-refractivity contribution in [1.82, 2.24) is 5.32 Å². The lowest BCUT2D eigenvalue weighted by Crippen LogP contribution is -2.65. The fourth-order valence-corrected chi connectivity index (χ4v) is 13.0. The van der Waals surface area contributed by atoms with Gasteiger partial charge in [0.05, 0.1) is 11.8 Å². The molecule has 264 valence electrons. The van der Waals surface area contributed by atoms with Gasteiger partial charge in [-0.2, -0.15) is 0 Å². The second-order valence-corrected chi connectivity index (χ2v) is 19.5. The average Bonchev–Trinajstić information content (AvgIpc) is 3.24. The van der Waals surface area contributed by atoms with Crippen molar-refractivity contribution < 1.29 is 24.2 Å². The van der Waals surface area contributed by atoms with E-state index in [-0.39, 0.29) is 51.5 Å². The number of allylic oxidation sites excluding steroid dienone is 2. The van der Waals surface area contributed by atoms with Crippen LogP contribution in [0.5, 0.6) is 0 Å². The van der Waals surface area contributed by atoms with E-state index in [0.717, 1.165) is 45.1 Å². The number of carboxylic acids is 1. The number of Topliss-reactive ketones (excluding diaryl/α,β-unsaturated/α-hetero) is 1. The molecule has 0 amide bonds. The van der Waals surface area contributed by atoms with Crippen molar-refractivity contribution in [1.29, 1.82) is 0 Å². The molecule has 6 heteroatoms. The minimum absolute atomic E-state index is 0.0427. The Hall–Kier alpha value is -1.69. The van der Waals surface area contributed by atoms with Crippen molar-refractivity contribution >= 4 is 17.7 Å². The molecule has 0 radical (unpaired) electrons. The van der Waals surface area contributed by atoms with Gasteiger partial charge < -0.3 is 15.2 Å². The van der Waals surface area contributed by atoms with Crippen molar-refractivity contribution in [3.8, 4) is 0 Å². The van der Waals surface area contributed by atoms with Gasteiger partial charge in [-0.05, 0) is 137 Å². The highest BCUT2D eigenvalue weighted by Crippen LogP contribution is 2.77. The quantitative estimate of drug-likeness (QED) is 0.242. The first kappa shape index (κ1) is 35.1. The number of hydrogen-bond acceptors (Lipinski definition) is 5. The Balaban J connectivity index is 1.26. The van der Waals surface area contributed by atoms with Crippen LogP contribution in [0.4, 0.5) is 0 Å². The summed E-state index contributed by atoms with van der Waals surface area (Å²) in [6.07, 6.45) is 14.4. The van der Waals surface area contributed by atoms with E-state index < -0.39 is 11.4 Å². The molecule has 0 unspecified atom stereocenters. The van der Waals surface area contributed by atoms with Crippen LogP contribution in [0, 0.1) is 56.2 Å². The van der Waals surface area contributed by atoms with Crippen molar-refractivity contribution in [2.24, 2.45) is 56.2 Å². The molecule has 0 aromatic rings. The van der Waals surface area contributed by atoms with E-state index in [4.69, 9.17) is 4.74 Å². The number of fused-ring (bicyclic) bond motifs is 7. The SMILES string of the molecule is CC(C)C1=C2[C@H]3CC[C@@H]4[C@@]5(C)CC[C@H](OC(=O)CC(C)(C)C(=O)O)C(C)(C)[C@@H]5CC[C@@]4(C)[C@]3(C)CC[C@@]2(CCNC2CCC2)CC1=O. The minimum Gasteiger partial charge on any atom is -0.481 e. The lowest BCUT2D eigenvalue weighted by molar-refractivity contribution is -0.233. The molecule has 2 N–H and O–H groups in total. The Morgan fingerprint density at radius 3 is 2.23 bits per heavy atom. The summed E-state index contributed by atoms with van der Waals surface area (Å²) < 4.78 is 6.17. The van der Waals surface area contributed by atoms with Gasteiger partial charge in [0.1, 0.15) is 6.10 Å². The van der Waals surface area contributed by atoms with Crippen LogP contribution >= 0.6 is 0 Å². The van der Waals surface area contributed by atoms with E-state index in [1.54, 1.807) is 19.4 Å². The number of ketones is 1. The Bertz CT molecular complexity index is 1320. The fraction of sp³-hybridized carbons (Fsp3) is 0.878. The first-order valence-corrected chi connectivity index (χ1v) is 19.3. The van der Waals surface area contributed by atoms with Gasteiger partial charge in [0.15, 0.2) is 5.78 Å². The van der Waals surface area contributed by atoms with Crippen molar-refractivity contribution in [3.63, 3.8) is 0 Å². The smallest absolute Gasteiger partial charge is 0.309 e. The van der Waals surface area contributed by atoms with Crippen LogP contribution in [0.3, 0.4) is 0 Å². The molecule has 6 aliphatic carbocycles. The molecule has 0 bridgehead atoms. The normalized spacial score (nSPS) is 41.4. The Labute approximate surface area is 285 Å². The molecule has 5 fully saturated rings. The number of aliphatic carboxylic acids is 1. The van der Waals surface area contributed by atoms with Gasteiger partial charge >= 0.3 is 11.9 Å². The third-order valence-electron chi connectivity index (χ3n) is 16.1. The van der Waals surface area contributed by atoms with Gasteiger partial charge in [0, 0.05) is 23.3 Å². The molecule has 6 rings (SSSR count). The van der Waals surface area contributed by atoms with Gasteiger partial charge in [0.2, 0.25) is 0 Å². The van der Waals surface area contributed by atoms with Crippen LogP contribution in [-0.4, -0.2) is 41.5 Å². The van der Waals surface area contributed by atoms with Gasteiger partial charge in [-0.3, -0.25) is 14.4 Å². The maximum absolute atomic E-state index is 13.9. The molecular formula is C41H65NO5. The van der Waals surface area contributed by atoms with Crippen LogP contribution in [0.15, 0.2) is 11.1 Å². The summed E-state index contributed by atoms with van der Waals surface area (Å²) in [5.41, 5.74) is 2.00. The van der Waals surface area contributed by atoms with Crippen molar-refractivity contribution in [2.45, 2.75) is 164 Å². The highest BCUT2D eigenvalue weighted by Gasteiger charge is 2.70. The predicted octanol–water partition coefficient (Wildman–Crippen LogP) is 8.91. The first-order chi connectivity index (χ1) is 21.8. The topological polar surface area (TPSA) is 92.7 Å². The van der Waals surface area contributed by atoms with E-state index in [1.807, 2.05) is 0 Å². The van der Waals surface area contributed by atoms with E-state index >= 15 is 0 Å². The van der Waals surface area contributed by atoms with E-state index in [2.05, 4.69) is 53.8 Å². The number of carbonyl (C=O) groups excluding carboxylic acids is 2. The summed E-state index contributed by atoms with van der Waals surface area (Å²) in [5.74, 6) is 0.863. The predicted molar refractivity (Wildman–Crippen MR) is 186 cm³/mol. The van der Waals surface area contributed by atoms with Crippen LogP contribution in [0.1, 0.15) is 152 Å². The van der Waals surface area contributed by atoms with E-state index in [1.165, 1.54) is 50.5 Å². The first-order valence-electron chi connectivity index (χ1n) is 19.3. The third kappa shape index (κ3) is 5.30. The van der Waals surface area contributed by atoms with Crippen LogP contribution < -0.4 is 5.32 Å². The Kier molecular flexibility index (Phi) is 8.74. The number of hydrogen-bond donors (Lipinski definition) is 2. The van der Waals surface area contributed by atoms with Gasteiger partial charge in [0.25, 0.3) is 0 Å². The largest absolute Gasteiger partial charge is 0.481 e. The molecular weight excluding hydrogens is 586 g/mol. The van der Waals surface area contributed by atoms with Crippen molar-refractivity contribution in [2.75, 3.05) is 6.54 Å². The summed E-state index contributed by atoms with van der Waals surface area (Å²) in [6, 6.07) is 0.680. The van der Waals surface area contributed by atoms with Crippen LogP contribution in [-0.2, 0) is 19.1 Å². The second-order valence-electron chi connectivity index (χ2n) is 19.5. The minimum atomic E-state index is -1.13. The van der Waals surface area contributed by atoms with Crippen LogP contribution in [0.2, 0.25) is 0 Å². The average molecular weight is 652 g/mol. The summed E-state index contributed by atoms with van der Waals surface area (Å²) in [4.78, 5) is 38.6. The molecule has 0 spiro atoms. The molecule has 6 nitrogen and oxygen atoms in total. The molecule has 0 heterocycles. The highest BCUT2D eigenvalue weighted by molar-refractivity contribution is 6.00. The zero-order valence-electron chi connectivity index (χ0n) is 31.2. The highest BCUT2D eigenvalue weighted by atomic mass is 16.5. The zero-order valence-corrected chi connectivity index (χ0v) is 31.2. The van der Waals surface area contributed by atoms with Crippen LogP contribution in [0.25, 0.3) is 0 Å². The number of carbonyl (C=O) groups is 3. The molecule has 5 saturated carbocycles. The zero-order chi connectivity index (χ0) is 34.4. The maximum atomic E-state index is 13.9. The Morgan fingerprint density at radius 1 is 0.915 bits per heavy atom. The summed E-state index contributed by atoms with van der Waals surface area (Å²) in [7, 11) is 0. The standard InChI is InChI=1S/C41H65NO5/c1-25(2)33-28(43)23-41(21-22-42-26-11-10-12-26)20-19-39(8)27(34(33)41)13-14-30-38(7)17-16-31(47-32(44)24-36(3,4)35(45)46)37(5,6)29(38)15-18-40(30,39)9/h25-27,29-31,42H,10-24H2,1-9H3,(H,45,46)/t27-,29+,30-,31+,38+,39-,40-,41-/m1/s1. The molecule has 0 aromatic heterocycles. The number of ether oxygens (including phenoxy) is 1. The lowest BCUT2D eigenvalue weighted by Gasteiger charge is -2.72. The number of rotatable bonds is 9. The molecule has 0 saturated heterocycles. The van der Waals surface area contributed by atoms with Crippen molar-refractivity contribution in [3.05, 3.63) is 11.1 Å².